The van der Waals surface area contributed by atoms with Gasteiger partial charge < -0.3 is 28.7 Å². The average Bonchev–Trinajstić information content (AvgIpc) is 2.52. The third-order valence-electron chi connectivity index (χ3n) is 3.07. The monoisotopic (exact) mass is 401 g/mol. The summed E-state index contributed by atoms with van der Waals surface area (Å²) in [7, 11) is 0.0538. The van der Waals surface area contributed by atoms with Crippen molar-refractivity contribution in [3.63, 3.8) is 0 Å². The van der Waals surface area contributed by atoms with Crippen LogP contribution in [0.1, 0.15) is 16.7 Å². The SMILES string of the molecule is COc1cccc(-c2c[n+](C)cc(SC(C)C)c2OC)c1.O=P([O-])([O-])[O-].[H+].[H+]. The molecule has 0 radical (unpaired) electrons. The molecular formula is C17H24NO6PS. The van der Waals surface area contributed by atoms with E-state index in [-0.39, 0.29) is 2.85 Å². The molecule has 7 nitrogen and oxygen atoms in total. The molecule has 0 aliphatic rings. The molecule has 0 unspecified atom stereocenters. The summed E-state index contributed by atoms with van der Waals surface area (Å²) in [6.45, 7) is 4.37. The minimum Gasteiger partial charge on any atom is -0.822 e. The van der Waals surface area contributed by atoms with Gasteiger partial charge in [-0.2, -0.15) is 7.82 Å². The van der Waals surface area contributed by atoms with Gasteiger partial charge in [0.15, 0.2) is 18.1 Å². The van der Waals surface area contributed by atoms with Crippen molar-refractivity contribution in [1.82, 2.24) is 0 Å². The molecule has 26 heavy (non-hydrogen) atoms. The highest BCUT2D eigenvalue weighted by Gasteiger charge is 2.18. The van der Waals surface area contributed by atoms with Crippen molar-refractivity contribution in [3.05, 3.63) is 36.7 Å². The molecule has 2 aromatic rings. The van der Waals surface area contributed by atoms with Crippen LogP contribution in [0.4, 0.5) is 0 Å². The fourth-order valence-corrected chi connectivity index (χ4v) is 3.26. The summed E-state index contributed by atoms with van der Waals surface area (Å²) in [5, 5.41) is 0.499. The van der Waals surface area contributed by atoms with Crippen LogP contribution in [0, 0.1) is 0 Å². The molecule has 0 saturated carbocycles. The summed E-state index contributed by atoms with van der Waals surface area (Å²) in [5.74, 6) is 1.76. The Labute approximate surface area is 160 Å². The standard InChI is InChI=1S/C17H22NO2S.H3O4P/c1-12(2)21-16-11-18(3)10-15(17(16)20-5)13-7-6-8-14(9-13)19-4;1-5(2,3)4/h6-12H,1-5H3;(H3,1,2,3,4)/q+1;/p-1. The summed E-state index contributed by atoms with van der Waals surface area (Å²) in [6, 6.07) is 8.05. The van der Waals surface area contributed by atoms with E-state index in [4.69, 9.17) is 28.7 Å². The Bertz CT molecular complexity index is 780. The fourth-order valence-electron chi connectivity index (χ4n) is 2.22. The van der Waals surface area contributed by atoms with Crippen LogP contribution in [0.2, 0.25) is 0 Å². The smallest absolute Gasteiger partial charge is 0.822 e. The van der Waals surface area contributed by atoms with Crippen molar-refractivity contribution in [1.29, 1.82) is 0 Å². The van der Waals surface area contributed by atoms with Crippen LogP contribution in [0.5, 0.6) is 11.5 Å². The molecule has 0 aliphatic heterocycles. The van der Waals surface area contributed by atoms with E-state index in [9.17, 15) is 0 Å². The summed E-state index contributed by atoms with van der Waals surface area (Å²) in [5.41, 5.74) is 2.16. The van der Waals surface area contributed by atoms with Gasteiger partial charge in [0.05, 0.1) is 19.8 Å². The maximum atomic E-state index is 8.55. The Hall–Kier alpha value is -1.57. The number of methoxy groups -OCH3 is 2. The Morgan fingerprint density at radius 3 is 2.27 bits per heavy atom. The van der Waals surface area contributed by atoms with Crippen LogP contribution in [0.25, 0.3) is 11.1 Å². The first kappa shape index (κ1) is 22.5. The van der Waals surface area contributed by atoms with E-state index >= 15 is 0 Å². The predicted octanol–water partition coefficient (Wildman–Crippen LogP) is 1.10. The quantitative estimate of drug-likeness (QED) is 0.419. The number of thioether (sulfide) groups is 1. The molecule has 1 heterocycles. The van der Waals surface area contributed by atoms with E-state index in [0.717, 1.165) is 27.5 Å². The minimum atomic E-state index is -5.39. The first-order chi connectivity index (χ1) is 12.0. The highest BCUT2D eigenvalue weighted by atomic mass is 32.2. The maximum absolute atomic E-state index is 8.55. The van der Waals surface area contributed by atoms with Gasteiger partial charge in [-0.25, -0.2) is 4.57 Å². The van der Waals surface area contributed by atoms with Gasteiger partial charge in [0.1, 0.15) is 17.7 Å². The predicted molar refractivity (Wildman–Crippen MR) is 97.0 cm³/mol. The van der Waals surface area contributed by atoms with E-state index in [1.54, 1.807) is 26.0 Å². The zero-order valence-electron chi connectivity index (χ0n) is 17.3. The first-order valence-corrected chi connectivity index (χ1v) is 10.0. The highest BCUT2D eigenvalue weighted by Crippen LogP contribution is 2.39. The van der Waals surface area contributed by atoms with Gasteiger partial charge >= 0.3 is 2.85 Å². The zero-order chi connectivity index (χ0) is 19.9. The second-order valence-corrected chi connectivity index (χ2v) is 8.09. The number of hydrogen-bond donors (Lipinski definition) is 0. The van der Waals surface area contributed by atoms with Gasteiger partial charge in [-0.1, -0.05) is 26.0 Å². The van der Waals surface area contributed by atoms with Crippen LogP contribution < -0.4 is 28.7 Å². The topological polar surface area (TPSA) is 109 Å². The molecule has 0 atom stereocenters. The number of aromatic nitrogens is 1. The lowest BCUT2D eigenvalue weighted by atomic mass is 10.1. The molecular weight excluding hydrogens is 377 g/mol. The molecule has 2 rings (SSSR count). The summed E-state index contributed by atoms with van der Waals surface area (Å²) >= 11 is 1.81. The molecule has 0 amide bonds. The van der Waals surface area contributed by atoms with Crippen LogP contribution in [-0.4, -0.2) is 19.5 Å². The highest BCUT2D eigenvalue weighted by molar-refractivity contribution is 8.00. The number of pyridine rings is 1. The number of phosphoric acid groups is 1. The fraction of sp³-hybridized carbons (Fsp3) is 0.353. The van der Waals surface area contributed by atoms with Crippen molar-refractivity contribution < 1.29 is 36.1 Å². The molecule has 0 saturated heterocycles. The number of benzene rings is 1. The lowest BCUT2D eigenvalue weighted by Gasteiger charge is -2.36. The summed E-state index contributed by atoms with van der Waals surface area (Å²) in [4.78, 5) is 26.8. The number of aryl methyl sites for hydroxylation is 1. The average molecular weight is 401 g/mol. The second-order valence-electron chi connectivity index (χ2n) is 5.58. The summed E-state index contributed by atoms with van der Waals surface area (Å²) < 4.78 is 21.6. The molecule has 144 valence electrons. The zero-order valence-corrected chi connectivity index (χ0v) is 17.0. The first-order valence-electron chi connectivity index (χ1n) is 7.66. The Morgan fingerprint density at radius 2 is 1.77 bits per heavy atom. The van der Waals surface area contributed by atoms with Crippen molar-refractivity contribution in [3.8, 4) is 22.6 Å². The molecule has 1 aromatic carbocycles. The normalized spacial score (nSPS) is 11.0. The maximum Gasteiger partial charge on any atom is 1.00 e. The molecule has 0 fully saturated rings. The van der Waals surface area contributed by atoms with E-state index in [2.05, 4.69) is 36.9 Å². The van der Waals surface area contributed by atoms with Gasteiger partial charge in [-0.15, -0.1) is 11.8 Å². The lowest BCUT2D eigenvalue weighted by Crippen LogP contribution is -2.27. The van der Waals surface area contributed by atoms with Crippen LogP contribution >= 0.6 is 19.6 Å². The van der Waals surface area contributed by atoms with E-state index in [1.165, 1.54) is 0 Å². The van der Waals surface area contributed by atoms with Crippen molar-refractivity contribution in [2.45, 2.75) is 24.0 Å². The lowest BCUT2D eigenvalue weighted by molar-refractivity contribution is -0.672. The third kappa shape index (κ3) is 7.76. The van der Waals surface area contributed by atoms with E-state index in [1.807, 2.05) is 25.2 Å². The van der Waals surface area contributed by atoms with Gasteiger partial charge in [-0.05, 0) is 17.7 Å². The van der Waals surface area contributed by atoms with Crippen LogP contribution in [0.15, 0.2) is 41.6 Å². The molecule has 9 heteroatoms. The Balaban J connectivity index is 0. The third-order valence-corrected chi connectivity index (χ3v) is 4.09. The largest absolute Gasteiger partial charge is 1.00 e. The Morgan fingerprint density at radius 1 is 1.15 bits per heavy atom. The molecule has 0 N–H and O–H groups in total. The number of hydrogen-bond acceptors (Lipinski definition) is 7. The van der Waals surface area contributed by atoms with Crippen molar-refractivity contribution >= 4 is 19.6 Å². The number of rotatable bonds is 5. The molecule has 0 bridgehead atoms. The minimum absolute atomic E-state index is 0. The summed E-state index contributed by atoms with van der Waals surface area (Å²) in [6.07, 6.45) is 4.19. The number of nitrogens with zero attached hydrogens (tertiary/aromatic N) is 1. The molecule has 0 spiro atoms. The van der Waals surface area contributed by atoms with Crippen LogP contribution in [0.3, 0.4) is 0 Å². The van der Waals surface area contributed by atoms with Gasteiger partial charge in [0, 0.05) is 5.25 Å². The molecule has 1 aromatic heterocycles. The van der Waals surface area contributed by atoms with Crippen molar-refractivity contribution in [2.24, 2.45) is 7.05 Å². The molecule has 0 aliphatic carbocycles. The van der Waals surface area contributed by atoms with Crippen LogP contribution in [-0.2, 0) is 11.6 Å². The van der Waals surface area contributed by atoms with E-state index in [0.29, 0.717) is 5.25 Å². The van der Waals surface area contributed by atoms with Gasteiger partial charge in [0.25, 0.3) is 0 Å². The van der Waals surface area contributed by atoms with Gasteiger partial charge in [0.2, 0.25) is 0 Å². The van der Waals surface area contributed by atoms with Crippen molar-refractivity contribution in [2.75, 3.05) is 14.2 Å². The van der Waals surface area contributed by atoms with E-state index < -0.39 is 7.82 Å². The Kier molecular flexibility index (Phi) is 8.59. The number of ether oxygens (including phenoxy) is 2. The second kappa shape index (κ2) is 9.94. The van der Waals surface area contributed by atoms with Gasteiger partial charge in [-0.3, -0.25) is 0 Å².